The van der Waals surface area contributed by atoms with E-state index in [1.54, 1.807) is 6.07 Å². The fraction of sp³-hybridized carbons (Fsp3) is 0.429. The average molecular weight is 332 g/mol. The molecule has 2 heterocycles. The summed E-state index contributed by atoms with van der Waals surface area (Å²) in [6.45, 7) is -0.518. The maximum atomic E-state index is 13.5. The monoisotopic (exact) mass is 331 g/mol. The number of aliphatic hydroxyl groups is 4. The van der Waals surface area contributed by atoms with E-state index in [0.29, 0.717) is 10.9 Å². The molecule has 0 saturated carbocycles. The fourth-order valence-corrected chi connectivity index (χ4v) is 2.93. The van der Waals surface area contributed by atoms with Crippen molar-refractivity contribution in [2.24, 2.45) is 0 Å². The highest BCUT2D eigenvalue weighted by Gasteiger charge is 2.44. The molecule has 6 nitrogen and oxygen atoms in total. The summed E-state index contributed by atoms with van der Waals surface area (Å²) < 4.78 is 20.4. The molecule has 0 amide bonds. The topological polar surface area (TPSA) is 95.1 Å². The van der Waals surface area contributed by atoms with Crippen LogP contribution in [0.2, 0.25) is 5.02 Å². The van der Waals surface area contributed by atoms with Gasteiger partial charge in [0.2, 0.25) is 0 Å². The Kier molecular flexibility index (Phi) is 4.11. The molecule has 4 N–H and O–H groups in total. The Labute approximate surface area is 129 Å². The van der Waals surface area contributed by atoms with E-state index in [1.807, 2.05) is 0 Å². The second kappa shape index (κ2) is 5.77. The molecule has 8 heteroatoms. The summed E-state index contributed by atoms with van der Waals surface area (Å²) in [5, 5.41) is 39.4. The largest absolute Gasteiger partial charge is 0.394 e. The second-order valence-corrected chi connectivity index (χ2v) is 5.61. The number of nitrogens with zero attached hydrogens (tertiary/aromatic N) is 1. The summed E-state index contributed by atoms with van der Waals surface area (Å²) in [4.78, 5) is 0. The number of ether oxygens (including phenoxy) is 1. The molecule has 0 spiro atoms. The maximum Gasteiger partial charge on any atom is 0.163 e. The zero-order valence-corrected chi connectivity index (χ0v) is 12.1. The molecule has 1 aromatic carbocycles. The number of aromatic nitrogens is 1. The van der Waals surface area contributed by atoms with Gasteiger partial charge in [0, 0.05) is 11.6 Å². The van der Waals surface area contributed by atoms with Crippen molar-refractivity contribution in [3.05, 3.63) is 35.2 Å². The van der Waals surface area contributed by atoms with Crippen LogP contribution in [-0.4, -0.2) is 56.0 Å². The molecule has 3 rings (SSSR count). The molecule has 1 aliphatic heterocycles. The van der Waals surface area contributed by atoms with Crippen LogP contribution >= 0.6 is 11.6 Å². The lowest BCUT2D eigenvalue weighted by Crippen LogP contribution is -2.56. The number of rotatable bonds is 2. The van der Waals surface area contributed by atoms with Crippen molar-refractivity contribution >= 4 is 22.5 Å². The van der Waals surface area contributed by atoms with Gasteiger partial charge in [-0.15, -0.1) is 0 Å². The van der Waals surface area contributed by atoms with Crippen LogP contribution in [0.3, 0.4) is 0 Å². The molecule has 1 aromatic heterocycles. The van der Waals surface area contributed by atoms with E-state index in [1.165, 1.54) is 22.9 Å². The molecular weight excluding hydrogens is 317 g/mol. The molecule has 1 saturated heterocycles. The van der Waals surface area contributed by atoms with E-state index in [-0.39, 0.29) is 5.02 Å². The Bertz CT molecular complexity index is 691. The number of fused-ring (bicyclic) bond motifs is 1. The summed E-state index contributed by atoms with van der Waals surface area (Å²) >= 11 is 5.90. The van der Waals surface area contributed by atoms with Crippen molar-refractivity contribution in [1.29, 1.82) is 0 Å². The molecular formula is C14H15ClFNO5. The summed E-state index contributed by atoms with van der Waals surface area (Å²) in [7, 11) is 0. The fourth-order valence-electron chi connectivity index (χ4n) is 2.71. The molecule has 5 atom stereocenters. The molecule has 2 aromatic rings. The van der Waals surface area contributed by atoms with Crippen LogP contribution in [0.5, 0.6) is 0 Å². The molecule has 1 aliphatic rings. The zero-order chi connectivity index (χ0) is 16.0. The summed E-state index contributed by atoms with van der Waals surface area (Å²) in [5.41, 5.74) is 0.496. The van der Waals surface area contributed by atoms with Gasteiger partial charge in [-0.1, -0.05) is 11.6 Å². The highest BCUT2D eigenvalue weighted by atomic mass is 35.5. The molecule has 120 valence electrons. The van der Waals surface area contributed by atoms with Crippen LogP contribution in [0.4, 0.5) is 4.39 Å². The van der Waals surface area contributed by atoms with E-state index < -0.39 is 43.1 Å². The third-order valence-corrected chi connectivity index (χ3v) is 4.31. The van der Waals surface area contributed by atoms with Crippen LogP contribution in [0.25, 0.3) is 10.9 Å². The summed E-state index contributed by atoms with van der Waals surface area (Å²) in [6.07, 6.45) is -4.87. The van der Waals surface area contributed by atoms with Crippen LogP contribution in [-0.2, 0) is 4.74 Å². The van der Waals surface area contributed by atoms with Crippen LogP contribution in [0, 0.1) is 5.82 Å². The van der Waals surface area contributed by atoms with Crippen molar-refractivity contribution < 1.29 is 29.6 Å². The van der Waals surface area contributed by atoms with Crippen molar-refractivity contribution in [1.82, 2.24) is 4.57 Å². The Hall–Kier alpha value is -1.22. The molecule has 1 fully saturated rings. The van der Waals surface area contributed by atoms with E-state index in [9.17, 15) is 24.8 Å². The molecule has 22 heavy (non-hydrogen) atoms. The Morgan fingerprint density at radius 1 is 1.14 bits per heavy atom. The third-order valence-electron chi connectivity index (χ3n) is 3.93. The lowest BCUT2D eigenvalue weighted by Gasteiger charge is -2.40. The minimum Gasteiger partial charge on any atom is -0.394 e. The van der Waals surface area contributed by atoms with Gasteiger partial charge in [-0.3, -0.25) is 0 Å². The van der Waals surface area contributed by atoms with Gasteiger partial charge in [0.1, 0.15) is 30.2 Å². The Morgan fingerprint density at radius 3 is 2.55 bits per heavy atom. The Balaban J connectivity index is 2.05. The van der Waals surface area contributed by atoms with E-state index in [4.69, 9.17) is 16.3 Å². The smallest absolute Gasteiger partial charge is 0.163 e. The molecule has 0 aliphatic carbocycles. The highest BCUT2D eigenvalue weighted by molar-refractivity contribution is 6.35. The first kappa shape index (κ1) is 15.7. The van der Waals surface area contributed by atoms with Crippen LogP contribution < -0.4 is 0 Å². The summed E-state index contributed by atoms with van der Waals surface area (Å²) in [6, 6.07) is 4.21. The van der Waals surface area contributed by atoms with E-state index >= 15 is 0 Å². The number of aliphatic hydroxyl groups excluding tert-OH is 4. The van der Waals surface area contributed by atoms with Crippen molar-refractivity contribution in [3.63, 3.8) is 0 Å². The number of halogens is 2. The van der Waals surface area contributed by atoms with Crippen molar-refractivity contribution in [2.45, 2.75) is 30.6 Å². The van der Waals surface area contributed by atoms with Crippen molar-refractivity contribution in [2.75, 3.05) is 6.61 Å². The lowest BCUT2D eigenvalue weighted by molar-refractivity contribution is -0.250. The first-order chi connectivity index (χ1) is 10.5. The van der Waals surface area contributed by atoms with Gasteiger partial charge in [-0.05, 0) is 18.2 Å². The predicted molar refractivity (Wildman–Crippen MR) is 75.9 cm³/mol. The highest BCUT2D eigenvalue weighted by Crippen LogP contribution is 2.34. The second-order valence-electron chi connectivity index (χ2n) is 5.24. The minimum absolute atomic E-state index is 0.0548. The third kappa shape index (κ3) is 2.30. The Morgan fingerprint density at radius 2 is 1.86 bits per heavy atom. The lowest BCUT2D eigenvalue weighted by atomic mass is 9.98. The first-order valence-electron chi connectivity index (χ1n) is 6.70. The van der Waals surface area contributed by atoms with Crippen LogP contribution in [0.1, 0.15) is 6.23 Å². The standard InChI is InChI=1S/C14H15ClFNO5/c15-10-6-3-4-17(8(6)2-1-7(10)16)14-13(21)12(20)11(19)9(5-18)22-14/h1-4,9,11-14,18-21H,5H2/t9-,11-,12+,13-,14-/m1/s1. The van der Waals surface area contributed by atoms with E-state index in [0.717, 1.165) is 0 Å². The number of hydrogen-bond donors (Lipinski definition) is 4. The first-order valence-corrected chi connectivity index (χ1v) is 7.08. The van der Waals surface area contributed by atoms with Crippen molar-refractivity contribution in [3.8, 4) is 0 Å². The summed E-state index contributed by atoms with van der Waals surface area (Å²) in [5.74, 6) is -0.569. The predicted octanol–water partition coefficient (Wildman–Crippen LogP) is 0.406. The molecule has 0 radical (unpaired) electrons. The molecule has 0 unspecified atom stereocenters. The van der Waals surface area contributed by atoms with Gasteiger partial charge in [0.05, 0.1) is 17.1 Å². The average Bonchev–Trinajstić information content (AvgIpc) is 2.93. The van der Waals surface area contributed by atoms with Gasteiger partial charge in [-0.2, -0.15) is 0 Å². The number of hydrogen-bond acceptors (Lipinski definition) is 5. The van der Waals surface area contributed by atoms with Gasteiger partial charge >= 0.3 is 0 Å². The van der Waals surface area contributed by atoms with Gasteiger partial charge in [-0.25, -0.2) is 4.39 Å². The molecule has 0 bridgehead atoms. The minimum atomic E-state index is -1.48. The zero-order valence-electron chi connectivity index (χ0n) is 11.3. The maximum absolute atomic E-state index is 13.5. The van der Waals surface area contributed by atoms with Gasteiger partial charge < -0.3 is 29.7 Å². The normalized spacial score (nSPS) is 32.5. The van der Waals surface area contributed by atoms with Gasteiger partial charge in [0.25, 0.3) is 0 Å². The van der Waals surface area contributed by atoms with Gasteiger partial charge in [0.15, 0.2) is 6.23 Å². The van der Waals surface area contributed by atoms with Crippen LogP contribution in [0.15, 0.2) is 24.4 Å². The quantitative estimate of drug-likeness (QED) is 0.639. The number of benzene rings is 1. The van der Waals surface area contributed by atoms with E-state index in [2.05, 4.69) is 0 Å². The SMILES string of the molecule is OC[C@H]1O[C@@H](n2ccc3c(Cl)c(F)ccc32)[C@H](O)[C@@H](O)[C@@H]1O.